The molecule has 0 bridgehead atoms. The van der Waals surface area contributed by atoms with Crippen molar-refractivity contribution in [1.29, 1.82) is 0 Å². The van der Waals surface area contributed by atoms with Crippen molar-refractivity contribution in [2.75, 3.05) is 0 Å². The predicted octanol–water partition coefficient (Wildman–Crippen LogP) is 4.51. The molecule has 0 heterocycles. The second-order valence-electron chi connectivity index (χ2n) is 6.56. The Morgan fingerprint density at radius 1 is 0.828 bits per heavy atom. The summed E-state index contributed by atoms with van der Waals surface area (Å²) in [5.74, 6) is -3.95. The van der Waals surface area contributed by atoms with Crippen LogP contribution in [0, 0.1) is 6.92 Å². The fourth-order valence-corrected chi connectivity index (χ4v) is 3.60. The maximum absolute atomic E-state index is 12.8. The van der Waals surface area contributed by atoms with Gasteiger partial charge in [-0.3, -0.25) is 4.79 Å². The van der Waals surface area contributed by atoms with Gasteiger partial charge in [-0.25, -0.2) is 8.42 Å². The fraction of sp³-hybridized carbons (Fsp3) is 0.136. The van der Waals surface area contributed by atoms with Crippen LogP contribution in [-0.2, 0) is 9.84 Å². The van der Waals surface area contributed by atoms with E-state index in [0.717, 1.165) is 28.8 Å². The van der Waals surface area contributed by atoms with Gasteiger partial charge in [0, 0.05) is 5.56 Å². The Labute approximate surface area is 168 Å². The second-order valence-corrected chi connectivity index (χ2v) is 8.48. The third-order valence-electron chi connectivity index (χ3n) is 4.50. The third kappa shape index (κ3) is 4.68. The van der Waals surface area contributed by atoms with Crippen LogP contribution in [0.25, 0.3) is 0 Å². The number of carbonyl (C=O) groups excluding carboxylic acids is 1. The topological polar surface area (TPSA) is 63.2 Å². The Morgan fingerprint density at radius 3 is 1.93 bits per heavy atom. The first-order valence-corrected chi connectivity index (χ1v) is 10.4. The summed E-state index contributed by atoms with van der Waals surface area (Å²) >= 11 is 0. The van der Waals surface area contributed by atoms with E-state index in [-0.39, 0.29) is 5.56 Å². The molecule has 0 aliphatic heterocycles. The quantitative estimate of drug-likeness (QED) is 0.644. The normalized spacial score (nSPS) is 12.6. The molecule has 150 valence electrons. The Hall–Kier alpha value is -3.06. The monoisotopic (exact) mass is 415 g/mol. The van der Waals surface area contributed by atoms with Gasteiger partial charge in [-0.1, -0.05) is 60.2 Å². The molecule has 0 saturated heterocycles. The molecule has 1 atom stereocenters. The van der Waals surface area contributed by atoms with Crippen molar-refractivity contribution < 1.29 is 22.0 Å². The number of sulfone groups is 1. The molecule has 0 fully saturated rings. The maximum Gasteiger partial charge on any atom is 0.341 e. The first-order chi connectivity index (χ1) is 13.8. The van der Waals surface area contributed by atoms with E-state index in [0.29, 0.717) is 0 Å². The lowest BCUT2D eigenvalue weighted by molar-refractivity contribution is 0.0943. The van der Waals surface area contributed by atoms with Crippen molar-refractivity contribution in [2.24, 2.45) is 0 Å². The van der Waals surface area contributed by atoms with Gasteiger partial charge in [0.2, 0.25) is 9.84 Å². The van der Waals surface area contributed by atoms with Gasteiger partial charge in [-0.15, -0.1) is 0 Å². The zero-order chi connectivity index (χ0) is 21.0. The third-order valence-corrected chi connectivity index (χ3v) is 5.90. The van der Waals surface area contributed by atoms with Crippen LogP contribution in [0.1, 0.15) is 33.1 Å². The molecule has 3 rings (SSSR count). The van der Waals surface area contributed by atoms with Crippen LogP contribution in [0.3, 0.4) is 0 Å². The number of aryl methyl sites for hydroxylation is 1. The van der Waals surface area contributed by atoms with Crippen molar-refractivity contribution >= 4 is 15.7 Å². The molecule has 0 aliphatic rings. The molecule has 1 unspecified atom stereocenters. The molecule has 0 radical (unpaired) electrons. The molecule has 29 heavy (non-hydrogen) atoms. The molecule has 0 saturated carbocycles. The highest BCUT2D eigenvalue weighted by molar-refractivity contribution is 7.91. The number of benzene rings is 3. The summed E-state index contributed by atoms with van der Waals surface area (Å²) in [7, 11) is -4.70. The smallest absolute Gasteiger partial charge is 0.341 e. The molecule has 4 nitrogen and oxygen atoms in total. The van der Waals surface area contributed by atoms with Crippen molar-refractivity contribution in [3.8, 4) is 0 Å². The van der Waals surface area contributed by atoms with Crippen LogP contribution in [0.15, 0.2) is 83.8 Å². The van der Waals surface area contributed by atoms with Gasteiger partial charge in [0.25, 0.3) is 5.91 Å². The molecular formula is C22H19F2NO3S. The molecule has 0 spiro atoms. The van der Waals surface area contributed by atoms with Gasteiger partial charge in [-0.05, 0) is 42.3 Å². The molecule has 0 aliphatic carbocycles. The highest BCUT2D eigenvalue weighted by atomic mass is 32.2. The number of amides is 1. The van der Waals surface area contributed by atoms with Crippen molar-refractivity contribution in [1.82, 2.24) is 5.32 Å². The summed E-state index contributed by atoms with van der Waals surface area (Å²) < 4.78 is 48.4. The highest BCUT2D eigenvalue weighted by Gasteiger charge is 2.26. The number of hydrogen-bond donors (Lipinski definition) is 1. The summed E-state index contributed by atoms with van der Waals surface area (Å²) in [6.45, 7) is 1.97. The lowest BCUT2D eigenvalue weighted by Gasteiger charge is -2.20. The molecular weight excluding hydrogens is 396 g/mol. The number of rotatable bonds is 6. The van der Waals surface area contributed by atoms with E-state index in [1.807, 2.05) is 61.5 Å². The Morgan fingerprint density at radius 2 is 1.38 bits per heavy atom. The van der Waals surface area contributed by atoms with E-state index in [9.17, 15) is 22.0 Å². The van der Waals surface area contributed by atoms with Gasteiger partial charge < -0.3 is 5.32 Å². The SMILES string of the molecule is Cc1ccc(C(NC(=O)c2ccc(S(=O)(=O)C(F)F)cc2)c2ccccc2)cc1. The van der Waals surface area contributed by atoms with Crippen molar-refractivity contribution in [3.63, 3.8) is 0 Å². The minimum Gasteiger partial charge on any atom is -0.341 e. The first-order valence-electron chi connectivity index (χ1n) is 8.83. The van der Waals surface area contributed by atoms with E-state index in [1.54, 1.807) is 0 Å². The van der Waals surface area contributed by atoms with Crippen LogP contribution in [0.5, 0.6) is 0 Å². The van der Waals surface area contributed by atoms with E-state index >= 15 is 0 Å². The lowest BCUT2D eigenvalue weighted by Crippen LogP contribution is -2.29. The van der Waals surface area contributed by atoms with E-state index in [2.05, 4.69) is 5.32 Å². The lowest BCUT2D eigenvalue weighted by atomic mass is 9.97. The summed E-state index contributed by atoms with van der Waals surface area (Å²) in [6, 6.07) is 21.2. The Balaban J connectivity index is 1.88. The van der Waals surface area contributed by atoms with Crippen molar-refractivity contribution in [3.05, 3.63) is 101 Å². The van der Waals surface area contributed by atoms with Crippen LogP contribution in [0.4, 0.5) is 8.78 Å². The Kier molecular flexibility index (Phi) is 6.08. The zero-order valence-electron chi connectivity index (χ0n) is 15.5. The summed E-state index contributed by atoms with van der Waals surface area (Å²) in [4.78, 5) is 12.2. The fourth-order valence-electron chi connectivity index (χ4n) is 2.88. The molecule has 3 aromatic rings. The average molecular weight is 415 g/mol. The zero-order valence-corrected chi connectivity index (χ0v) is 16.4. The van der Waals surface area contributed by atoms with Gasteiger partial charge in [0.05, 0.1) is 10.9 Å². The standard InChI is InChI=1S/C22H19F2NO3S/c1-15-7-9-17(10-8-15)20(16-5-3-2-4-6-16)25-21(26)18-11-13-19(14-12-18)29(27,28)22(23)24/h2-14,20,22H,1H3,(H,25,26). The van der Waals surface area contributed by atoms with Crippen LogP contribution < -0.4 is 5.32 Å². The Bertz CT molecular complexity index is 1080. The second kappa shape index (κ2) is 8.53. The number of hydrogen-bond acceptors (Lipinski definition) is 3. The van der Waals surface area contributed by atoms with E-state index < -0.39 is 32.4 Å². The van der Waals surface area contributed by atoms with Gasteiger partial charge in [0.15, 0.2) is 0 Å². The van der Waals surface area contributed by atoms with Crippen molar-refractivity contribution in [2.45, 2.75) is 23.6 Å². The summed E-state index contributed by atoms with van der Waals surface area (Å²) in [5, 5.41) is 2.93. The largest absolute Gasteiger partial charge is 0.341 e. The first kappa shape index (κ1) is 20.7. The minimum atomic E-state index is -4.70. The van der Waals surface area contributed by atoms with Gasteiger partial charge in [-0.2, -0.15) is 8.78 Å². The summed E-state index contributed by atoms with van der Waals surface area (Å²) in [5.41, 5.74) is 3.02. The van der Waals surface area contributed by atoms with Crippen LogP contribution in [-0.4, -0.2) is 20.1 Å². The number of carbonyl (C=O) groups is 1. The molecule has 7 heteroatoms. The van der Waals surface area contributed by atoms with E-state index in [1.165, 1.54) is 12.1 Å². The predicted molar refractivity (Wildman–Crippen MR) is 107 cm³/mol. The average Bonchev–Trinajstić information content (AvgIpc) is 2.73. The number of nitrogens with one attached hydrogen (secondary N) is 1. The number of halogens is 2. The highest BCUT2D eigenvalue weighted by Crippen LogP contribution is 2.24. The molecule has 1 amide bonds. The van der Waals surface area contributed by atoms with Crippen LogP contribution >= 0.6 is 0 Å². The van der Waals surface area contributed by atoms with Crippen LogP contribution in [0.2, 0.25) is 0 Å². The maximum atomic E-state index is 12.8. The number of alkyl halides is 2. The van der Waals surface area contributed by atoms with Gasteiger partial charge in [0.1, 0.15) is 0 Å². The molecule has 0 aromatic heterocycles. The minimum absolute atomic E-state index is 0.172. The van der Waals surface area contributed by atoms with Gasteiger partial charge >= 0.3 is 5.76 Å². The molecule has 3 aromatic carbocycles. The molecule has 1 N–H and O–H groups in total. The van der Waals surface area contributed by atoms with E-state index in [4.69, 9.17) is 0 Å². The summed E-state index contributed by atoms with van der Waals surface area (Å²) in [6.07, 6.45) is 0.